The van der Waals surface area contributed by atoms with Crippen molar-refractivity contribution in [3.8, 4) is 0 Å². The highest BCUT2D eigenvalue weighted by Crippen LogP contribution is 2.23. The van der Waals surface area contributed by atoms with Gasteiger partial charge in [-0.25, -0.2) is 0 Å². The first-order chi connectivity index (χ1) is 9.82. The topological polar surface area (TPSA) is 69.6 Å². The van der Waals surface area contributed by atoms with Gasteiger partial charge in [-0.1, -0.05) is 6.92 Å². The minimum Gasteiger partial charge on any atom is -0.480 e. The van der Waals surface area contributed by atoms with Gasteiger partial charge in [-0.3, -0.25) is 14.9 Å². The average Bonchev–Trinajstić information content (AvgIpc) is 2.86. The minimum absolute atomic E-state index is 0.0248. The second-order valence-corrected chi connectivity index (χ2v) is 7.51. The largest absolute Gasteiger partial charge is 0.480 e. The number of rotatable bonds is 8. The summed E-state index contributed by atoms with van der Waals surface area (Å²) in [5.74, 6) is -1.04. The van der Waals surface area contributed by atoms with Crippen molar-refractivity contribution in [2.45, 2.75) is 39.3 Å². The van der Waals surface area contributed by atoms with Crippen LogP contribution in [0.2, 0.25) is 0 Å². The number of hydrogen-bond donors (Lipinski definition) is 2. The van der Waals surface area contributed by atoms with E-state index >= 15 is 0 Å². The summed E-state index contributed by atoms with van der Waals surface area (Å²) >= 11 is 4.99. The third-order valence-electron chi connectivity index (χ3n) is 3.52. The molecular formula is C14H21BrN2O3S. The number of nitrogens with one attached hydrogen (secondary N) is 1. The summed E-state index contributed by atoms with van der Waals surface area (Å²) in [6, 6.07) is 3.93. The molecule has 2 N–H and O–H groups in total. The molecule has 1 unspecified atom stereocenters. The van der Waals surface area contributed by atoms with Crippen LogP contribution in [0.4, 0.5) is 0 Å². The third-order valence-corrected chi connectivity index (χ3v) is 5.13. The average molecular weight is 377 g/mol. The van der Waals surface area contributed by atoms with Crippen LogP contribution < -0.4 is 5.32 Å². The Balaban J connectivity index is 2.61. The molecule has 21 heavy (non-hydrogen) atoms. The molecule has 0 saturated carbocycles. The van der Waals surface area contributed by atoms with E-state index in [9.17, 15) is 14.7 Å². The first kappa shape index (κ1) is 18.1. The number of aliphatic carboxylic acids is 1. The van der Waals surface area contributed by atoms with Crippen LogP contribution in [0.15, 0.2) is 15.9 Å². The van der Waals surface area contributed by atoms with Crippen LogP contribution in [0, 0.1) is 0 Å². The predicted octanol–water partition coefficient (Wildman–Crippen LogP) is 2.70. The Morgan fingerprint density at radius 3 is 2.52 bits per heavy atom. The Kier molecular flexibility index (Phi) is 6.83. The predicted molar refractivity (Wildman–Crippen MR) is 87.4 cm³/mol. The summed E-state index contributed by atoms with van der Waals surface area (Å²) in [4.78, 5) is 26.2. The number of likely N-dealkylation sites (N-methyl/N-ethyl adjacent to an activating group) is 1. The summed E-state index contributed by atoms with van der Waals surface area (Å²) in [5, 5.41) is 12.0. The molecule has 0 aromatic carbocycles. The zero-order valence-electron chi connectivity index (χ0n) is 12.5. The number of carboxylic acids is 1. The number of carbonyl (C=O) groups excluding carboxylic acids is 1. The van der Waals surface area contributed by atoms with Gasteiger partial charge < -0.3 is 10.0 Å². The number of carboxylic acid groups (broad SMARTS) is 1. The van der Waals surface area contributed by atoms with E-state index in [2.05, 4.69) is 21.2 Å². The Morgan fingerprint density at radius 1 is 1.43 bits per heavy atom. The fourth-order valence-electron chi connectivity index (χ4n) is 1.74. The Morgan fingerprint density at radius 2 is 2.10 bits per heavy atom. The highest BCUT2D eigenvalue weighted by molar-refractivity contribution is 9.11. The SMILES string of the molecule is CCN(Cc1ccc(Br)s1)C(=O)CNC(C)(CC)C(=O)O. The molecule has 1 amide bonds. The molecule has 0 aliphatic rings. The lowest BCUT2D eigenvalue weighted by molar-refractivity contribution is -0.144. The lowest BCUT2D eigenvalue weighted by Crippen LogP contribution is -2.52. The monoisotopic (exact) mass is 376 g/mol. The summed E-state index contributed by atoms with van der Waals surface area (Å²) in [7, 11) is 0. The second kappa shape index (κ2) is 7.91. The summed E-state index contributed by atoms with van der Waals surface area (Å²) in [6.45, 7) is 6.45. The fraction of sp³-hybridized carbons (Fsp3) is 0.571. The maximum absolute atomic E-state index is 12.2. The van der Waals surface area contributed by atoms with Gasteiger partial charge in [0.25, 0.3) is 0 Å². The van der Waals surface area contributed by atoms with Crippen LogP contribution in [-0.2, 0) is 16.1 Å². The van der Waals surface area contributed by atoms with Crippen molar-refractivity contribution in [3.63, 3.8) is 0 Å². The number of amides is 1. The lowest BCUT2D eigenvalue weighted by atomic mass is 9.99. The van der Waals surface area contributed by atoms with Gasteiger partial charge in [0.05, 0.1) is 16.9 Å². The first-order valence-corrected chi connectivity index (χ1v) is 8.43. The highest BCUT2D eigenvalue weighted by Gasteiger charge is 2.31. The minimum atomic E-state index is -1.07. The van der Waals surface area contributed by atoms with E-state index in [0.29, 0.717) is 19.5 Å². The molecule has 0 aliphatic carbocycles. The summed E-state index contributed by atoms with van der Waals surface area (Å²) in [6.07, 6.45) is 0.416. The molecule has 0 radical (unpaired) electrons. The van der Waals surface area contributed by atoms with Crippen molar-refractivity contribution in [1.29, 1.82) is 0 Å². The van der Waals surface area contributed by atoms with Gasteiger partial charge in [-0.05, 0) is 48.3 Å². The van der Waals surface area contributed by atoms with Gasteiger partial charge in [-0.2, -0.15) is 0 Å². The Labute approximate surface area is 137 Å². The molecule has 1 aromatic heterocycles. The molecule has 0 aliphatic heterocycles. The molecule has 0 fully saturated rings. The lowest BCUT2D eigenvalue weighted by Gasteiger charge is -2.27. The fourth-order valence-corrected chi connectivity index (χ4v) is 3.23. The Bertz CT molecular complexity index is 506. The van der Waals surface area contributed by atoms with E-state index in [-0.39, 0.29) is 12.5 Å². The number of halogens is 1. The molecule has 0 bridgehead atoms. The summed E-state index contributed by atoms with van der Waals surface area (Å²) in [5.41, 5.74) is -1.07. The van der Waals surface area contributed by atoms with Crippen LogP contribution in [0.5, 0.6) is 0 Å². The van der Waals surface area contributed by atoms with E-state index in [1.165, 1.54) is 0 Å². The molecule has 118 valence electrons. The summed E-state index contributed by atoms with van der Waals surface area (Å²) < 4.78 is 1.03. The molecule has 0 spiro atoms. The van der Waals surface area contributed by atoms with Crippen molar-refractivity contribution in [2.75, 3.05) is 13.1 Å². The zero-order chi connectivity index (χ0) is 16.0. The van der Waals surface area contributed by atoms with Crippen LogP contribution >= 0.6 is 27.3 Å². The molecular weight excluding hydrogens is 356 g/mol. The molecule has 1 rings (SSSR count). The van der Waals surface area contributed by atoms with Crippen molar-refractivity contribution in [3.05, 3.63) is 20.8 Å². The van der Waals surface area contributed by atoms with Gasteiger partial charge >= 0.3 is 5.97 Å². The van der Waals surface area contributed by atoms with Gasteiger partial charge in [0.15, 0.2) is 0 Å². The number of nitrogens with zero attached hydrogens (tertiary/aromatic N) is 1. The van der Waals surface area contributed by atoms with Crippen molar-refractivity contribution in [2.24, 2.45) is 0 Å². The quantitative estimate of drug-likeness (QED) is 0.731. The standard InChI is InChI=1S/C14H21BrN2O3S/c1-4-14(3,13(19)20)16-8-12(18)17(5-2)9-10-6-7-11(15)21-10/h6-7,16H,4-5,8-9H2,1-3H3,(H,19,20). The number of thiophene rings is 1. The normalized spacial score (nSPS) is 13.7. The van der Waals surface area contributed by atoms with E-state index in [1.54, 1.807) is 30.1 Å². The molecule has 1 aromatic rings. The molecule has 5 nitrogen and oxygen atoms in total. The van der Waals surface area contributed by atoms with E-state index in [4.69, 9.17) is 0 Å². The smallest absolute Gasteiger partial charge is 0.323 e. The number of carbonyl (C=O) groups is 2. The maximum atomic E-state index is 12.2. The zero-order valence-corrected chi connectivity index (χ0v) is 14.9. The molecule has 0 saturated heterocycles. The highest BCUT2D eigenvalue weighted by atomic mass is 79.9. The van der Waals surface area contributed by atoms with Gasteiger partial charge in [0.2, 0.25) is 5.91 Å². The van der Waals surface area contributed by atoms with Gasteiger partial charge in [-0.15, -0.1) is 11.3 Å². The van der Waals surface area contributed by atoms with Crippen LogP contribution in [-0.4, -0.2) is 40.5 Å². The van der Waals surface area contributed by atoms with E-state index in [0.717, 1.165) is 8.66 Å². The van der Waals surface area contributed by atoms with Gasteiger partial charge in [0.1, 0.15) is 5.54 Å². The molecule has 7 heteroatoms. The van der Waals surface area contributed by atoms with Crippen LogP contribution in [0.3, 0.4) is 0 Å². The molecule has 1 heterocycles. The van der Waals surface area contributed by atoms with Gasteiger partial charge in [0, 0.05) is 11.4 Å². The van der Waals surface area contributed by atoms with Crippen molar-refractivity contribution < 1.29 is 14.7 Å². The number of hydrogen-bond acceptors (Lipinski definition) is 4. The Hall–Kier alpha value is -0.920. The third kappa shape index (κ3) is 5.09. The second-order valence-electron chi connectivity index (χ2n) is 4.96. The maximum Gasteiger partial charge on any atom is 0.323 e. The van der Waals surface area contributed by atoms with Crippen LogP contribution in [0.25, 0.3) is 0 Å². The molecule has 1 atom stereocenters. The van der Waals surface area contributed by atoms with Crippen molar-refractivity contribution >= 4 is 39.1 Å². The van der Waals surface area contributed by atoms with E-state index < -0.39 is 11.5 Å². The van der Waals surface area contributed by atoms with Crippen LogP contribution in [0.1, 0.15) is 32.1 Å². The first-order valence-electron chi connectivity index (χ1n) is 6.82. The van der Waals surface area contributed by atoms with Crippen molar-refractivity contribution in [1.82, 2.24) is 10.2 Å². The van der Waals surface area contributed by atoms with E-state index in [1.807, 2.05) is 19.1 Å².